The Bertz CT molecular complexity index is 1120. The first-order chi connectivity index (χ1) is 16.0. The molecule has 0 aliphatic carbocycles. The summed E-state index contributed by atoms with van der Waals surface area (Å²) >= 11 is 0. The lowest BCUT2D eigenvalue weighted by molar-refractivity contribution is -0.121. The van der Waals surface area contributed by atoms with Crippen molar-refractivity contribution in [1.29, 1.82) is 0 Å². The molecule has 1 aromatic heterocycles. The number of fused-ring (bicyclic) bond motifs is 1. The van der Waals surface area contributed by atoms with E-state index in [2.05, 4.69) is 28.4 Å². The first-order valence-electron chi connectivity index (χ1n) is 11.7. The van der Waals surface area contributed by atoms with Crippen LogP contribution in [0.25, 0.3) is 22.3 Å². The van der Waals surface area contributed by atoms with Gasteiger partial charge in [-0.3, -0.25) is 4.79 Å². The van der Waals surface area contributed by atoms with Crippen molar-refractivity contribution < 1.29 is 15.0 Å². The topological polar surface area (TPSA) is 98.6 Å². The van der Waals surface area contributed by atoms with Gasteiger partial charge in [-0.2, -0.15) is 0 Å². The second-order valence-electron chi connectivity index (χ2n) is 8.85. The van der Waals surface area contributed by atoms with E-state index in [4.69, 9.17) is 15.1 Å². The van der Waals surface area contributed by atoms with Crippen LogP contribution in [0.1, 0.15) is 37.7 Å². The van der Waals surface area contributed by atoms with E-state index in [-0.39, 0.29) is 18.3 Å². The fraction of sp³-hybridized carbons (Fsp3) is 0.423. The molecule has 2 aromatic carbocycles. The number of nitrogens with zero attached hydrogens (tertiary/aromatic N) is 3. The van der Waals surface area contributed by atoms with E-state index in [1.54, 1.807) is 12.1 Å². The number of unbranched alkanes of at least 4 members (excludes halogenated alkanes) is 1. The number of phenols is 1. The summed E-state index contributed by atoms with van der Waals surface area (Å²) in [5.74, 6) is 1.93. The van der Waals surface area contributed by atoms with Crippen molar-refractivity contribution in [2.24, 2.45) is 5.92 Å². The summed E-state index contributed by atoms with van der Waals surface area (Å²) in [6, 6.07) is 13.3. The number of aryl methyl sites for hydroxylation is 1. The minimum Gasteiger partial charge on any atom is -0.507 e. The van der Waals surface area contributed by atoms with Crippen LogP contribution in [0.15, 0.2) is 42.5 Å². The molecule has 1 unspecified atom stereocenters. The van der Waals surface area contributed by atoms with Crippen molar-refractivity contribution >= 4 is 22.6 Å². The van der Waals surface area contributed by atoms with Crippen LogP contribution in [0.3, 0.4) is 0 Å². The van der Waals surface area contributed by atoms with Crippen molar-refractivity contribution in [3.63, 3.8) is 0 Å². The molecule has 0 saturated carbocycles. The van der Waals surface area contributed by atoms with Crippen molar-refractivity contribution in [3.05, 3.63) is 48.0 Å². The molecule has 1 saturated heterocycles. The number of aliphatic hydroxyl groups excluding tert-OH is 1. The van der Waals surface area contributed by atoms with Gasteiger partial charge in [0.2, 0.25) is 5.91 Å². The average Bonchev–Trinajstić information content (AvgIpc) is 2.82. The highest BCUT2D eigenvalue weighted by Gasteiger charge is 2.24. The van der Waals surface area contributed by atoms with E-state index in [0.29, 0.717) is 43.1 Å². The van der Waals surface area contributed by atoms with Gasteiger partial charge in [-0.1, -0.05) is 18.2 Å². The molecular weight excluding hydrogens is 416 g/mol. The third-order valence-corrected chi connectivity index (χ3v) is 6.20. The van der Waals surface area contributed by atoms with Gasteiger partial charge >= 0.3 is 0 Å². The predicted octanol–water partition coefficient (Wildman–Crippen LogP) is 3.81. The second-order valence-corrected chi connectivity index (χ2v) is 8.85. The number of phenolic OH excluding ortho intramolecular Hbond substituents is 1. The molecule has 0 spiro atoms. The van der Waals surface area contributed by atoms with Crippen LogP contribution < -0.4 is 10.2 Å². The van der Waals surface area contributed by atoms with Gasteiger partial charge < -0.3 is 20.4 Å². The zero-order valence-electron chi connectivity index (χ0n) is 19.1. The smallest absolute Gasteiger partial charge is 0.220 e. The Labute approximate surface area is 194 Å². The Kier molecular flexibility index (Phi) is 7.40. The molecule has 7 nitrogen and oxygen atoms in total. The first-order valence-corrected chi connectivity index (χ1v) is 11.7. The van der Waals surface area contributed by atoms with Crippen molar-refractivity contribution in [2.45, 2.75) is 39.0 Å². The minimum absolute atomic E-state index is 0.0466. The monoisotopic (exact) mass is 448 g/mol. The average molecular weight is 449 g/mol. The molecule has 1 aliphatic rings. The fourth-order valence-corrected chi connectivity index (χ4v) is 4.42. The summed E-state index contributed by atoms with van der Waals surface area (Å²) in [5.41, 5.74) is 2.60. The number of piperidine rings is 1. The number of benzene rings is 2. The molecule has 1 aliphatic heterocycles. The van der Waals surface area contributed by atoms with Crippen LogP contribution in [0.5, 0.6) is 5.75 Å². The van der Waals surface area contributed by atoms with Gasteiger partial charge in [-0.25, -0.2) is 9.97 Å². The maximum atomic E-state index is 12.1. The summed E-state index contributed by atoms with van der Waals surface area (Å²) in [6.07, 6.45) is 3.90. The predicted molar refractivity (Wildman–Crippen MR) is 130 cm³/mol. The third-order valence-electron chi connectivity index (χ3n) is 6.20. The van der Waals surface area contributed by atoms with Crippen LogP contribution in [-0.2, 0) is 4.79 Å². The van der Waals surface area contributed by atoms with E-state index in [9.17, 15) is 9.90 Å². The molecule has 2 heterocycles. The molecule has 1 atom stereocenters. The standard InChI is InChI=1S/C26H32N4O3/c1-18-11-12-20-22(15-18)28-25(21-8-2-3-9-23(21)32)29-26(20)30-13-6-7-19(17-30)16-27-24(33)10-4-5-14-31/h2-3,8-9,11-12,15,19,31-32H,4-7,10,13-14,16-17H2,1H3,(H,27,33). The van der Waals surface area contributed by atoms with Crippen molar-refractivity contribution in [3.8, 4) is 17.1 Å². The quantitative estimate of drug-likeness (QED) is 0.454. The highest BCUT2D eigenvalue weighted by molar-refractivity contribution is 5.92. The molecule has 1 amide bonds. The van der Waals surface area contributed by atoms with Crippen molar-refractivity contribution in [2.75, 3.05) is 31.1 Å². The number of rotatable bonds is 8. The zero-order chi connectivity index (χ0) is 23.2. The Morgan fingerprint density at radius 2 is 2.03 bits per heavy atom. The van der Waals surface area contributed by atoms with Crippen LogP contribution in [0, 0.1) is 12.8 Å². The number of carbonyl (C=O) groups is 1. The minimum atomic E-state index is 0.0466. The number of amides is 1. The normalized spacial score (nSPS) is 16.2. The Morgan fingerprint density at radius 3 is 2.85 bits per heavy atom. The maximum absolute atomic E-state index is 12.1. The summed E-state index contributed by atoms with van der Waals surface area (Å²) in [4.78, 5) is 24.1. The Balaban J connectivity index is 1.57. The van der Waals surface area contributed by atoms with Crippen LogP contribution in [-0.4, -0.2) is 52.3 Å². The number of nitrogens with one attached hydrogen (secondary N) is 1. The number of aromatic hydroxyl groups is 1. The molecule has 0 radical (unpaired) electrons. The van der Waals surface area contributed by atoms with Crippen LogP contribution in [0.2, 0.25) is 0 Å². The number of para-hydroxylation sites is 1. The molecule has 1 fully saturated rings. The number of hydrogen-bond donors (Lipinski definition) is 3. The number of hydrogen-bond acceptors (Lipinski definition) is 6. The van der Waals surface area contributed by atoms with Gasteiger partial charge in [0.1, 0.15) is 11.6 Å². The van der Waals surface area contributed by atoms with E-state index in [1.165, 1.54) is 0 Å². The van der Waals surface area contributed by atoms with Gasteiger partial charge in [0, 0.05) is 38.0 Å². The highest BCUT2D eigenvalue weighted by Crippen LogP contribution is 2.33. The molecule has 174 valence electrons. The fourth-order valence-electron chi connectivity index (χ4n) is 4.42. The second kappa shape index (κ2) is 10.6. The van der Waals surface area contributed by atoms with Gasteiger partial charge in [0.15, 0.2) is 5.82 Å². The van der Waals surface area contributed by atoms with Gasteiger partial charge in [0.05, 0.1) is 11.1 Å². The first kappa shape index (κ1) is 23.0. The Morgan fingerprint density at radius 1 is 1.18 bits per heavy atom. The number of aliphatic hydroxyl groups is 1. The lowest BCUT2D eigenvalue weighted by Crippen LogP contribution is -2.41. The van der Waals surface area contributed by atoms with Gasteiger partial charge in [-0.15, -0.1) is 0 Å². The summed E-state index contributed by atoms with van der Waals surface area (Å²) in [7, 11) is 0. The molecule has 3 N–H and O–H groups in total. The molecule has 33 heavy (non-hydrogen) atoms. The SMILES string of the molecule is Cc1ccc2c(N3CCCC(CNC(=O)CCCCO)C3)nc(-c3ccccc3O)nc2c1. The molecule has 4 rings (SSSR count). The van der Waals surface area contributed by atoms with E-state index in [0.717, 1.165) is 48.2 Å². The summed E-state index contributed by atoms with van der Waals surface area (Å²) in [5, 5.41) is 23.3. The number of anilines is 1. The largest absolute Gasteiger partial charge is 0.507 e. The maximum Gasteiger partial charge on any atom is 0.220 e. The summed E-state index contributed by atoms with van der Waals surface area (Å²) < 4.78 is 0. The van der Waals surface area contributed by atoms with E-state index >= 15 is 0 Å². The van der Waals surface area contributed by atoms with Crippen molar-refractivity contribution in [1.82, 2.24) is 15.3 Å². The van der Waals surface area contributed by atoms with Gasteiger partial charge in [-0.05, 0) is 68.4 Å². The number of carbonyl (C=O) groups excluding carboxylic acids is 1. The highest BCUT2D eigenvalue weighted by atomic mass is 16.3. The lowest BCUT2D eigenvalue weighted by Gasteiger charge is -2.34. The summed E-state index contributed by atoms with van der Waals surface area (Å²) in [6.45, 7) is 4.50. The zero-order valence-corrected chi connectivity index (χ0v) is 19.1. The number of aromatic nitrogens is 2. The lowest BCUT2D eigenvalue weighted by atomic mass is 9.97. The van der Waals surface area contributed by atoms with E-state index in [1.807, 2.05) is 19.1 Å². The molecule has 0 bridgehead atoms. The molecule has 3 aromatic rings. The van der Waals surface area contributed by atoms with E-state index < -0.39 is 0 Å². The molecule has 7 heteroatoms. The third kappa shape index (κ3) is 5.60. The Hall–Kier alpha value is -3.19. The molecular formula is C26H32N4O3. The van der Waals surface area contributed by atoms with Gasteiger partial charge in [0.25, 0.3) is 0 Å². The van der Waals surface area contributed by atoms with Crippen LogP contribution >= 0.6 is 0 Å². The van der Waals surface area contributed by atoms with Crippen LogP contribution in [0.4, 0.5) is 5.82 Å².